The van der Waals surface area contributed by atoms with Gasteiger partial charge in [-0.3, -0.25) is 0 Å². The van der Waals surface area contributed by atoms with E-state index in [1.165, 1.54) is 122 Å². The molecule has 176 valence electrons. The molecule has 0 amide bonds. The molecular weight excluding hydrogens is 354 g/mol. The predicted molar refractivity (Wildman–Crippen MR) is 132 cm³/mol. The zero-order valence-electron chi connectivity index (χ0n) is 20.5. The van der Waals surface area contributed by atoms with Crippen molar-refractivity contribution in [1.29, 1.82) is 0 Å². The van der Waals surface area contributed by atoms with Crippen LogP contribution in [0.4, 0.5) is 0 Å². The third kappa shape index (κ3) is 21.0. The van der Waals surface area contributed by atoms with Crippen molar-refractivity contribution >= 4 is 0 Å². The summed E-state index contributed by atoms with van der Waals surface area (Å²) in [6, 6.07) is 0. The van der Waals surface area contributed by atoms with E-state index in [2.05, 4.69) is 13.8 Å². The maximum absolute atomic E-state index is 10.3. The molecule has 0 spiro atoms. The largest absolute Gasteiger partial charge is 0.389 e. The van der Waals surface area contributed by atoms with Crippen LogP contribution in [0.1, 0.15) is 162 Å². The Labute approximate surface area is 184 Å². The van der Waals surface area contributed by atoms with Gasteiger partial charge in [0.2, 0.25) is 0 Å². The summed E-state index contributed by atoms with van der Waals surface area (Å²) in [6.07, 6.45) is 30.9. The Kier molecular flexibility index (Phi) is 22.5. The maximum Gasteiger partial charge on any atom is 0.0769 e. The van der Waals surface area contributed by atoms with Crippen molar-refractivity contribution in [1.82, 2.24) is 0 Å². The fourth-order valence-electron chi connectivity index (χ4n) is 4.50. The molecular formula is C27H57NO. The van der Waals surface area contributed by atoms with Crippen LogP contribution in [-0.2, 0) is 0 Å². The highest BCUT2D eigenvalue weighted by molar-refractivity contribution is 4.78. The molecule has 2 nitrogen and oxygen atoms in total. The Balaban J connectivity index is 3.15. The number of rotatable bonds is 24. The zero-order chi connectivity index (χ0) is 21.5. The summed E-state index contributed by atoms with van der Waals surface area (Å²) in [4.78, 5) is 0. The quantitative estimate of drug-likeness (QED) is 0.156. The summed E-state index contributed by atoms with van der Waals surface area (Å²) < 4.78 is 0. The fraction of sp³-hybridized carbons (Fsp3) is 1.00. The number of hydrogen-bond acceptors (Lipinski definition) is 2. The van der Waals surface area contributed by atoms with Crippen molar-refractivity contribution < 1.29 is 5.11 Å². The summed E-state index contributed by atoms with van der Waals surface area (Å²) in [7, 11) is 0. The summed E-state index contributed by atoms with van der Waals surface area (Å²) in [5.41, 5.74) is 5.13. The predicted octanol–water partition coefficient (Wildman–Crippen LogP) is 8.69. The highest BCUT2D eigenvalue weighted by Crippen LogP contribution is 2.21. The van der Waals surface area contributed by atoms with Crippen LogP contribution in [0, 0.1) is 0 Å². The second-order valence-electron chi connectivity index (χ2n) is 9.65. The summed E-state index contributed by atoms with van der Waals surface area (Å²) in [5.74, 6) is 0. The smallest absolute Gasteiger partial charge is 0.0769 e. The van der Waals surface area contributed by atoms with Crippen molar-refractivity contribution in [3.05, 3.63) is 0 Å². The average molecular weight is 412 g/mol. The van der Waals surface area contributed by atoms with Gasteiger partial charge in [0.25, 0.3) is 0 Å². The van der Waals surface area contributed by atoms with Crippen molar-refractivity contribution in [3.8, 4) is 0 Å². The normalized spacial score (nSPS) is 13.7. The Bertz CT molecular complexity index is 307. The Morgan fingerprint density at radius 1 is 0.448 bits per heavy atom. The molecule has 0 fully saturated rings. The fourth-order valence-corrected chi connectivity index (χ4v) is 4.50. The lowest BCUT2D eigenvalue weighted by Crippen LogP contribution is -2.37. The molecule has 1 unspecified atom stereocenters. The average Bonchev–Trinajstić information content (AvgIpc) is 2.72. The van der Waals surface area contributed by atoms with Crippen LogP contribution in [0.5, 0.6) is 0 Å². The van der Waals surface area contributed by atoms with Gasteiger partial charge >= 0.3 is 0 Å². The van der Waals surface area contributed by atoms with Crippen molar-refractivity contribution in [2.45, 2.75) is 167 Å². The lowest BCUT2D eigenvalue weighted by molar-refractivity contribution is 0.0283. The van der Waals surface area contributed by atoms with Gasteiger partial charge < -0.3 is 10.8 Å². The van der Waals surface area contributed by atoms with Gasteiger partial charge in [-0.2, -0.15) is 0 Å². The number of unbranched alkanes of at least 4 members (excludes halogenated alkanes) is 19. The maximum atomic E-state index is 10.3. The number of aliphatic hydroxyl groups is 1. The van der Waals surface area contributed by atoms with Crippen LogP contribution in [-0.4, -0.2) is 17.3 Å². The van der Waals surface area contributed by atoms with Crippen LogP contribution in [0.3, 0.4) is 0 Å². The van der Waals surface area contributed by atoms with Crippen LogP contribution in [0.2, 0.25) is 0 Å². The van der Waals surface area contributed by atoms with Gasteiger partial charge in [-0.25, -0.2) is 0 Å². The number of nitrogens with two attached hydrogens (primary N) is 1. The minimum atomic E-state index is -0.594. The minimum Gasteiger partial charge on any atom is -0.389 e. The van der Waals surface area contributed by atoms with Crippen molar-refractivity contribution in [3.63, 3.8) is 0 Å². The molecule has 0 saturated heterocycles. The van der Waals surface area contributed by atoms with Crippen LogP contribution >= 0.6 is 0 Å². The summed E-state index contributed by atoms with van der Waals surface area (Å²) in [6.45, 7) is 4.83. The number of hydrogen-bond donors (Lipinski definition) is 2. The van der Waals surface area contributed by atoms with E-state index in [4.69, 9.17) is 5.73 Å². The third-order valence-corrected chi connectivity index (χ3v) is 6.59. The minimum absolute atomic E-state index is 0.417. The van der Waals surface area contributed by atoms with E-state index in [0.717, 1.165) is 25.7 Å². The summed E-state index contributed by atoms with van der Waals surface area (Å²) >= 11 is 0. The molecule has 1 atom stereocenters. The highest BCUT2D eigenvalue weighted by Gasteiger charge is 2.22. The molecule has 0 radical (unpaired) electrons. The standard InChI is InChI=1S/C27H57NO/c1-3-5-6-7-8-9-10-11-12-13-14-15-16-17-18-19-20-21-22-23-25-27(29,26-28)24-4-2/h29H,3-26,28H2,1-2H3. The first-order valence-electron chi connectivity index (χ1n) is 13.6. The van der Waals surface area contributed by atoms with E-state index in [1.54, 1.807) is 0 Å². The lowest BCUT2D eigenvalue weighted by atomic mass is 9.91. The lowest BCUT2D eigenvalue weighted by Gasteiger charge is -2.25. The molecule has 0 aromatic rings. The zero-order valence-corrected chi connectivity index (χ0v) is 20.5. The third-order valence-electron chi connectivity index (χ3n) is 6.59. The van der Waals surface area contributed by atoms with Gasteiger partial charge in [-0.1, -0.05) is 149 Å². The Morgan fingerprint density at radius 2 is 0.759 bits per heavy atom. The molecule has 29 heavy (non-hydrogen) atoms. The van der Waals surface area contributed by atoms with E-state index >= 15 is 0 Å². The van der Waals surface area contributed by atoms with Crippen molar-refractivity contribution in [2.24, 2.45) is 5.73 Å². The molecule has 2 heteroatoms. The van der Waals surface area contributed by atoms with Gasteiger partial charge in [-0.05, 0) is 12.8 Å². The molecule has 0 aromatic carbocycles. The molecule has 0 heterocycles. The van der Waals surface area contributed by atoms with E-state index in [1.807, 2.05) is 0 Å². The monoisotopic (exact) mass is 411 g/mol. The van der Waals surface area contributed by atoms with Crippen molar-refractivity contribution in [2.75, 3.05) is 6.54 Å². The first kappa shape index (κ1) is 28.9. The van der Waals surface area contributed by atoms with Gasteiger partial charge in [0, 0.05) is 6.54 Å². The molecule has 0 aliphatic heterocycles. The molecule has 3 N–H and O–H groups in total. The summed E-state index contributed by atoms with van der Waals surface area (Å²) in [5, 5.41) is 10.3. The van der Waals surface area contributed by atoms with Gasteiger partial charge in [0.15, 0.2) is 0 Å². The Hall–Kier alpha value is -0.0800. The second kappa shape index (κ2) is 22.6. The van der Waals surface area contributed by atoms with E-state index < -0.39 is 5.60 Å². The highest BCUT2D eigenvalue weighted by atomic mass is 16.3. The van der Waals surface area contributed by atoms with Gasteiger partial charge in [-0.15, -0.1) is 0 Å². The first-order valence-corrected chi connectivity index (χ1v) is 13.6. The molecule has 0 bridgehead atoms. The van der Waals surface area contributed by atoms with Gasteiger partial charge in [0.05, 0.1) is 5.60 Å². The van der Waals surface area contributed by atoms with E-state index in [-0.39, 0.29) is 0 Å². The molecule has 0 aliphatic carbocycles. The van der Waals surface area contributed by atoms with Gasteiger partial charge in [0.1, 0.15) is 0 Å². The van der Waals surface area contributed by atoms with E-state index in [9.17, 15) is 5.11 Å². The van der Waals surface area contributed by atoms with Crippen LogP contribution < -0.4 is 5.73 Å². The first-order chi connectivity index (χ1) is 14.2. The SMILES string of the molecule is CCCCCCCCCCCCCCCCCCCCCCC(O)(CN)CCC. The van der Waals surface area contributed by atoms with Crippen LogP contribution in [0.15, 0.2) is 0 Å². The molecule has 0 aromatic heterocycles. The molecule has 0 saturated carbocycles. The molecule has 0 aliphatic rings. The topological polar surface area (TPSA) is 46.2 Å². The molecule has 0 rings (SSSR count). The van der Waals surface area contributed by atoms with Crippen LogP contribution in [0.25, 0.3) is 0 Å². The Morgan fingerprint density at radius 3 is 1.03 bits per heavy atom. The second-order valence-corrected chi connectivity index (χ2v) is 9.65. The van der Waals surface area contributed by atoms with E-state index in [0.29, 0.717) is 6.54 Å².